The van der Waals surface area contributed by atoms with Gasteiger partial charge in [0, 0.05) is 18.2 Å². The Labute approximate surface area is 135 Å². The summed E-state index contributed by atoms with van der Waals surface area (Å²) in [6, 6.07) is 8.67. The SMILES string of the molecule is Cc1ccc(/C=C(\C#N)C(=O)Nc2cc([N+](=O)[O-])ccc2Cl)o1. The van der Waals surface area contributed by atoms with E-state index in [0.29, 0.717) is 11.5 Å². The third kappa shape index (κ3) is 3.96. The number of nitriles is 1. The van der Waals surface area contributed by atoms with E-state index >= 15 is 0 Å². The highest BCUT2D eigenvalue weighted by Crippen LogP contribution is 2.27. The molecule has 0 radical (unpaired) electrons. The fourth-order valence-electron chi connectivity index (χ4n) is 1.73. The number of nitro groups is 1. The summed E-state index contributed by atoms with van der Waals surface area (Å²) in [4.78, 5) is 22.3. The number of nitrogens with zero attached hydrogens (tertiary/aromatic N) is 2. The second kappa shape index (κ2) is 6.77. The number of hydrogen-bond acceptors (Lipinski definition) is 5. The van der Waals surface area contributed by atoms with E-state index in [9.17, 15) is 14.9 Å². The molecule has 1 aromatic heterocycles. The van der Waals surface area contributed by atoms with Gasteiger partial charge < -0.3 is 9.73 Å². The lowest BCUT2D eigenvalue weighted by atomic mass is 10.2. The highest BCUT2D eigenvalue weighted by Gasteiger charge is 2.15. The molecule has 0 bridgehead atoms. The molecule has 1 aromatic carbocycles. The smallest absolute Gasteiger partial charge is 0.271 e. The second-order valence-corrected chi connectivity index (χ2v) is 4.90. The van der Waals surface area contributed by atoms with Gasteiger partial charge in [-0.1, -0.05) is 11.6 Å². The van der Waals surface area contributed by atoms with Gasteiger partial charge in [0.15, 0.2) is 0 Å². The Balaban J connectivity index is 2.27. The Bertz CT molecular complexity index is 849. The molecule has 0 aliphatic heterocycles. The second-order valence-electron chi connectivity index (χ2n) is 4.49. The van der Waals surface area contributed by atoms with Gasteiger partial charge in [0.1, 0.15) is 23.2 Å². The highest BCUT2D eigenvalue weighted by atomic mass is 35.5. The summed E-state index contributed by atoms with van der Waals surface area (Å²) in [5, 5.41) is 22.3. The average molecular weight is 332 g/mol. The lowest BCUT2D eigenvalue weighted by molar-refractivity contribution is -0.384. The Morgan fingerprint density at radius 1 is 1.43 bits per heavy atom. The van der Waals surface area contributed by atoms with E-state index in [1.807, 2.05) is 0 Å². The van der Waals surface area contributed by atoms with Crippen LogP contribution in [0.3, 0.4) is 0 Å². The van der Waals surface area contributed by atoms with Crippen molar-refractivity contribution in [2.75, 3.05) is 5.32 Å². The highest BCUT2D eigenvalue weighted by molar-refractivity contribution is 6.34. The lowest BCUT2D eigenvalue weighted by Crippen LogP contribution is -2.13. The lowest BCUT2D eigenvalue weighted by Gasteiger charge is -2.06. The quantitative estimate of drug-likeness (QED) is 0.397. The van der Waals surface area contributed by atoms with Crippen LogP contribution in [0.4, 0.5) is 11.4 Å². The number of aryl methyl sites for hydroxylation is 1. The molecule has 0 saturated carbocycles. The van der Waals surface area contributed by atoms with Crippen LogP contribution >= 0.6 is 11.6 Å². The zero-order valence-electron chi connectivity index (χ0n) is 11.9. The van der Waals surface area contributed by atoms with Crippen LogP contribution in [0.25, 0.3) is 6.08 Å². The van der Waals surface area contributed by atoms with Gasteiger partial charge in [-0.15, -0.1) is 0 Å². The van der Waals surface area contributed by atoms with Crippen LogP contribution in [0.5, 0.6) is 0 Å². The molecule has 8 heteroatoms. The van der Waals surface area contributed by atoms with Crippen LogP contribution in [-0.4, -0.2) is 10.8 Å². The first kappa shape index (κ1) is 16.3. The molecule has 0 saturated heterocycles. The van der Waals surface area contributed by atoms with Crippen LogP contribution in [0.1, 0.15) is 11.5 Å². The summed E-state index contributed by atoms with van der Waals surface area (Å²) in [5.74, 6) is 0.235. The maximum atomic E-state index is 12.1. The summed E-state index contributed by atoms with van der Waals surface area (Å²) in [7, 11) is 0. The first-order valence-electron chi connectivity index (χ1n) is 6.34. The van der Waals surface area contributed by atoms with Crippen molar-refractivity contribution in [1.29, 1.82) is 5.26 Å². The molecule has 1 amide bonds. The number of amides is 1. The van der Waals surface area contributed by atoms with E-state index < -0.39 is 10.8 Å². The van der Waals surface area contributed by atoms with Crippen molar-refractivity contribution in [3.05, 3.63) is 62.6 Å². The number of furan rings is 1. The number of halogens is 1. The van der Waals surface area contributed by atoms with Crippen molar-refractivity contribution >= 4 is 35.0 Å². The van der Waals surface area contributed by atoms with Crippen molar-refractivity contribution in [3.8, 4) is 6.07 Å². The van der Waals surface area contributed by atoms with E-state index in [1.165, 1.54) is 18.2 Å². The van der Waals surface area contributed by atoms with Crippen molar-refractivity contribution in [2.24, 2.45) is 0 Å². The molecule has 2 aromatic rings. The standard InChI is InChI=1S/C15H10ClN3O4/c1-9-2-4-12(23-9)6-10(8-17)15(20)18-14-7-11(19(21)22)3-5-13(14)16/h2-7H,1H3,(H,18,20)/b10-6+. The number of benzene rings is 1. The summed E-state index contributed by atoms with van der Waals surface area (Å²) in [5.41, 5.74) is -0.404. The number of hydrogen-bond donors (Lipinski definition) is 1. The number of rotatable bonds is 4. The zero-order chi connectivity index (χ0) is 17.0. The molecule has 1 heterocycles. The minimum atomic E-state index is -0.746. The number of anilines is 1. The van der Waals surface area contributed by atoms with Gasteiger partial charge in [0.2, 0.25) is 0 Å². The van der Waals surface area contributed by atoms with Gasteiger partial charge in [-0.3, -0.25) is 14.9 Å². The fraction of sp³-hybridized carbons (Fsp3) is 0.0667. The van der Waals surface area contributed by atoms with Crippen molar-refractivity contribution in [3.63, 3.8) is 0 Å². The molecule has 0 fully saturated rings. The monoisotopic (exact) mass is 331 g/mol. The molecule has 1 N–H and O–H groups in total. The van der Waals surface area contributed by atoms with E-state index in [4.69, 9.17) is 21.3 Å². The predicted octanol–water partition coefficient (Wildman–Crippen LogP) is 3.70. The van der Waals surface area contributed by atoms with Gasteiger partial charge in [-0.05, 0) is 25.1 Å². The van der Waals surface area contributed by atoms with E-state index in [-0.39, 0.29) is 22.0 Å². The predicted molar refractivity (Wildman–Crippen MR) is 83.8 cm³/mol. The first-order chi connectivity index (χ1) is 10.9. The summed E-state index contributed by atoms with van der Waals surface area (Å²) >= 11 is 5.90. The molecule has 0 spiro atoms. The minimum Gasteiger partial charge on any atom is -0.462 e. The van der Waals surface area contributed by atoms with Crippen LogP contribution < -0.4 is 5.32 Å². The van der Waals surface area contributed by atoms with Crippen molar-refractivity contribution in [2.45, 2.75) is 6.92 Å². The van der Waals surface area contributed by atoms with E-state index in [2.05, 4.69) is 5.32 Å². The molecule has 7 nitrogen and oxygen atoms in total. The zero-order valence-corrected chi connectivity index (χ0v) is 12.6. The Morgan fingerprint density at radius 3 is 2.74 bits per heavy atom. The molecule has 0 unspecified atom stereocenters. The van der Waals surface area contributed by atoms with Crippen LogP contribution in [0, 0.1) is 28.4 Å². The van der Waals surface area contributed by atoms with Crippen LogP contribution in [0.2, 0.25) is 5.02 Å². The molecule has 116 valence electrons. The number of non-ortho nitro benzene ring substituents is 1. The normalized spacial score (nSPS) is 10.9. The molecular formula is C15H10ClN3O4. The van der Waals surface area contributed by atoms with Gasteiger partial charge >= 0.3 is 0 Å². The van der Waals surface area contributed by atoms with E-state index in [1.54, 1.807) is 25.1 Å². The van der Waals surface area contributed by atoms with Crippen LogP contribution in [-0.2, 0) is 4.79 Å². The Morgan fingerprint density at radius 2 is 2.17 bits per heavy atom. The summed E-state index contributed by atoms with van der Waals surface area (Å²) < 4.78 is 5.27. The van der Waals surface area contributed by atoms with E-state index in [0.717, 1.165) is 6.07 Å². The third-order valence-corrected chi connectivity index (χ3v) is 3.15. The van der Waals surface area contributed by atoms with Crippen LogP contribution in [0.15, 0.2) is 40.3 Å². The first-order valence-corrected chi connectivity index (χ1v) is 6.72. The molecule has 2 rings (SSSR count). The Kier molecular flexibility index (Phi) is 4.79. The van der Waals surface area contributed by atoms with Crippen molar-refractivity contribution < 1.29 is 14.1 Å². The number of carbonyl (C=O) groups excluding carboxylic acids is 1. The Hall–Kier alpha value is -3.11. The molecule has 0 aliphatic rings. The summed E-state index contributed by atoms with van der Waals surface area (Å²) in [6.45, 7) is 1.73. The molecular weight excluding hydrogens is 322 g/mol. The molecule has 0 atom stereocenters. The van der Waals surface area contributed by atoms with Gasteiger partial charge in [-0.2, -0.15) is 5.26 Å². The van der Waals surface area contributed by atoms with Gasteiger partial charge in [0.05, 0.1) is 15.6 Å². The van der Waals surface area contributed by atoms with Crippen molar-refractivity contribution in [1.82, 2.24) is 0 Å². The van der Waals surface area contributed by atoms with Gasteiger partial charge in [0.25, 0.3) is 11.6 Å². The maximum absolute atomic E-state index is 12.1. The number of nitrogens with one attached hydrogen (secondary N) is 1. The van der Waals surface area contributed by atoms with Gasteiger partial charge in [-0.25, -0.2) is 0 Å². The average Bonchev–Trinajstić information content (AvgIpc) is 2.91. The molecule has 0 aliphatic carbocycles. The molecule has 23 heavy (non-hydrogen) atoms. The maximum Gasteiger partial charge on any atom is 0.271 e. The minimum absolute atomic E-state index is 0.0441. The topological polar surface area (TPSA) is 109 Å². The number of carbonyl (C=O) groups is 1. The summed E-state index contributed by atoms with van der Waals surface area (Å²) in [6.07, 6.45) is 1.27. The fourth-order valence-corrected chi connectivity index (χ4v) is 1.90. The third-order valence-electron chi connectivity index (χ3n) is 2.82. The largest absolute Gasteiger partial charge is 0.462 e. The number of nitro benzene ring substituents is 1.